The molecule has 0 radical (unpaired) electrons. The summed E-state index contributed by atoms with van der Waals surface area (Å²) >= 11 is 2.68. The van der Waals surface area contributed by atoms with Crippen molar-refractivity contribution in [3.8, 4) is 10.4 Å². The van der Waals surface area contributed by atoms with Crippen molar-refractivity contribution >= 4 is 58.7 Å². The zero-order valence-corrected chi connectivity index (χ0v) is 27.9. The lowest BCUT2D eigenvalue weighted by Gasteiger charge is -2.29. The second-order valence-electron chi connectivity index (χ2n) is 10.9. The van der Waals surface area contributed by atoms with Crippen molar-refractivity contribution in [3.63, 3.8) is 0 Å². The topological polar surface area (TPSA) is 149 Å². The van der Waals surface area contributed by atoms with Gasteiger partial charge in [0.25, 0.3) is 0 Å². The van der Waals surface area contributed by atoms with Crippen LogP contribution in [0.3, 0.4) is 0 Å². The number of nitrogens with two attached hydrogens (primary N) is 1. The van der Waals surface area contributed by atoms with E-state index in [-0.39, 0.29) is 18.0 Å². The molecule has 1 atom stereocenters. The van der Waals surface area contributed by atoms with Gasteiger partial charge in [-0.3, -0.25) is 9.78 Å². The molecule has 0 bridgehead atoms. The van der Waals surface area contributed by atoms with E-state index in [0.717, 1.165) is 47.1 Å². The van der Waals surface area contributed by atoms with E-state index >= 15 is 0 Å². The van der Waals surface area contributed by atoms with Crippen LogP contribution < -0.4 is 10.5 Å². The normalized spacial score (nSPS) is 13.8. The Bertz CT molecular complexity index is 1490. The van der Waals surface area contributed by atoms with E-state index < -0.39 is 36.3 Å². The van der Waals surface area contributed by atoms with E-state index in [9.17, 15) is 21.6 Å². The predicted molar refractivity (Wildman–Crippen MR) is 174 cm³/mol. The first-order valence-electron chi connectivity index (χ1n) is 14.8. The second kappa shape index (κ2) is 16.2. The third-order valence-corrected chi connectivity index (χ3v) is 12.3. The second-order valence-corrected chi connectivity index (χ2v) is 16.8. The molecule has 234 valence electrons. The van der Waals surface area contributed by atoms with Crippen molar-refractivity contribution in [1.29, 1.82) is 0 Å². The van der Waals surface area contributed by atoms with Gasteiger partial charge in [0.15, 0.2) is 9.84 Å². The Balaban J connectivity index is 1.75. The highest BCUT2D eigenvalue weighted by Crippen LogP contribution is 2.41. The van der Waals surface area contributed by atoms with E-state index in [0.29, 0.717) is 11.9 Å². The number of hydrogen-bond acceptors (Lipinski definition) is 9. The largest absolute Gasteiger partial charge is 0.353 e. The summed E-state index contributed by atoms with van der Waals surface area (Å²) in [6.07, 6.45) is 16.3. The molecule has 3 rings (SSSR count). The molecule has 42 heavy (non-hydrogen) atoms. The fourth-order valence-electron chi connectivity index (χ4n) is 5.10. The van der Waals surface area contributed by atoms with E-state index in [4.69, 9.17) is 5.14 Å². The number of amides is 1. The van der Waals surface area contributed by atoms with Gasteiger partial charge in [0, 0.05) is 19.0 Å². The minimum atomic E-state index is -4.01. The number of nitrogens with one attached hydrogen (secondary N) is 1. The third-order valence-electron chi connectivity index (χ3n) is 7.51. The molecule has 3 N–H and O–H groups in total. The molecule has 0 saturated heterocycles. The summed E-state index contributed by atoms with van der Waals surface area (Å²) in [5.74, 6) is -1.26. The Labute approximate surface area is 258 Å². The Kier molecular flexibility index (Phi) is 13.4. The molecule has 1 amide bonds. The molecular weight excluding hydrogens is 613 g/mol. The number of carbonyl (C=O) groups excluding carboxylic acids is 1. The summed E-state index contributed by atoms with van der Waals surface area (Å²) in [7, 11) is -7.85. The van der Waals surface area contributed by atoms with Crippen molar-refractivity contribution < 1.29 is 21.6 Å². The van der Waals surface area contributed by atoms with Gasteiger partial charge >= 0.3 is 0 Å². The summed E-state index contributed by atoms with van der Waals surface area (Å²) in [6, 6.07) is 5.65. The average molecular weight is 657 g/mol. The summed E-state index contributed by atoms with van der Waals surface area (Å²) in [5, 5.41) is 7.84. The van der Waals surface area contributed by atoms with Crippen LogP contribution in [0.1, 0.15) is 95.4 Å². The zero-order valence-electron chi connectivity index (χ0n) is 24.6. The standard InChI is InChI=1S/C29H44N4O5S4/c1-3-4-5-6-7-8-9-10-11-12-13-14-17-29(41(2,35)36,27(34)32-18-19-42(30,37)38)28-33-24-16-15-23(20-25(24)40-28)26-21-31-22-39-26/h15-16,20-22H,3-14,17-19H2,1-2H3,(H,32,34)(H2,30,37,38). The van der Waals surface area contributed by atoms with E-state index in [1.54, 1.807) is 11.7 Å². The van der Waals surface area contributed by atoms with Gasteiger partial charge in [-0.15, -0.1) is 22.7 Å². The molecule has 0 aliphatic heterocycles. The molecule has 0 spiro atoms. The van der Waals surface area contributed by atoms with Gasteiger partial charge in [0.2, 0.25) is 20.7 Å². The monoisotopic (exact) mass is 656 g/mol. The number of hydrogen-bond donors (Lipinski definition) is 2. The molecule has 13 heteroatoms. The maximum absolute atomic E-state index is 13.7. The number of benzene rings is 1. The Morgan fingerprint density at radius 3 is 2.12 bits per heavy atom. The summed E-state index contributed by atoms with van der Waals surface area (Å²) in [4.78, 5) is 23.4. The summed E-state index contributed by atoms with van der Waals surface area (Å²) < 4.78 is 48.7. The van der Waals surface area contributed by atoms with Crippen LogP contribution in [-0.4, -0.2) is 51.3 Å². The number of thiazole rings is 2. The molecule has 1 unspecified atom stereocenters. The van der Waals surface area contributed by atoms with Crippen LogP contribution in [0.25, 0.3) is 20.7 Å². The Hall–Kier alpha value is -1.93. The van der Waals surface area contributed by atoms with Crippen LogP contribution in [0.5, 0.6) is 0 Å². The van der Waals surface area contributed by atoms with Crippen LogP contribution in [-0.2, 0) is 29.4 Å². The van der Waals surface area contributed by atoms with Crippen LogP contribution >= 0.6 is 22.7 Å². The van der Waals surface area contributed by atoms with Crippen LogP contribution in [0.15, 0.2) is 29.9 Å². The number of sulfonamides is 1. The first kappa shape index (κ1) is 34.6. The van der Waals surface area contributed by atoms with Crippen molar-refractivity contribution in [2.24, 2.45) is 5.14 Å². The molecule has 1 aromatic carbocycles. The minimum absolute atomic E-state index is 0.0615. The molecule has 0 aliphatic rings. The predicted octanol–water partition coefficient (Wildman–Crippen LogP) is 6.16. The molecule has 0 aliphatic carbocycles. The van der Waals surface area contributed by atoms with Crippen molar-refractivity contribution in [2.45, 2.75) is 95.1 Å². The van der Waals surface area contributed by atoms with Gasteiger partial charge in [-0.2, -0.15) is 0 Å². The zero-order chi connectivity index (χ0) is 30.6. The lowest BCUT2D eigenvalue weighted by Crippen LogP contribution is -2.50. The fraction of sp³-hybridized carbons (Fsp3) is 0.621. The van der Waals surface area contributed by atoms with Crippen LogP contribution in [0.4, 0.5) is 0 Å². The highest BCUT2D eigenvalue weighted by molar-refractivity contribution is 7.92. The number of fused-ring (bicyclic) bond motifs is 1. The fourth-order valence-corrected chi connectivity index (χ4v) is 9.09. The van der Waals surface area contributed by atoms with Gasteiger partial charge in [0.1, 0.15) is 5.01 Å². The number of primary sulfonamides is 1. The summed E-state index contributed by atoms with van der Waals surface area (Å²) in [6.45, 7) is 1.94. The third kappa shape index (κ3) is 9.80. The molecule has 9 nitrogen and oxygen atoms in total. The van der Waals surface area contributed by atoms with Crippen molar-refractivity contribution in [1.82, 2.24) is 15.3 Å². The minimum Gasteiger partial charge on any atom is -0.353 e. The van der Waals surface area contributed by atoms with Crippen molar-refractivity contribution in [2.75, 3.05) is 18.6 Å². The number of sulfone groups is 1. The maximum Gasteiger partial charge on any atom is 0.248 e. The number of nitrogens with zero attached hydrogens (tertiary/aromatic N) is 2. The Morgan fingerprint density at radius 1 is 0.952 bits per heavy atom. The number of aromatic nitrogens is 2. The SMILES string of the molecule is CCCCCCCCCCCCCCC(C(=O)NCCS(N)(=O)=O)(c1nc2ccc(-c3cncs3)cc2s1)S(C)(=O)=O. The highest BCUT2D eigenvalue weighted by atomic mass is 32.2. The molecule has 2 aromatic heterocycles. The maximum atomic E-state index is 13.7. The molecule has 3 aromatic rings. The smallest absolute Gasteiger partial charge is 0.248 e. The van der Waals surface area contributed by atoms with Gasteiger partial charge in [-0.05, 0) is 24.1 Å². The average Bonchev–Trinajstić information content (AvgIpc) is 3.60. The summed E-state index contributed by atoms with van der Waals surface area (Å²) in [5.41, 5.74) is 3.28. The number of rotatable bonds is 20. The molecular formula is C29H44N4O5S4. The van der Waals surface area contributed by atoms with Gasteiger partial charge in [0.05, 0.1) is 26.4 Å². The van der Waals surface area contributed by atoms with E-state index in [1.807, 2.05) is 18.2 Å². The lowest BCUT2D eigenvalue weighted by molar-refractivity contribution is -0.124. The Morgan fingerprint density at radius 2 is 1.57 bits per heavy atom. The van der Waals surface area contributed by atoms with E-state index in [2.05, 4.69) is 22.2 Å². The molecule has 0 saturated carbocycles. The van der Waals surface area contributed by atoms with Gasteiger partial charge in [-0.25, -0.2) is 27.0 Å². The van der Waals surface area contributed by atoms with Gasteiger partial charge in [-0.1, -0.05) is 90.0 Å². The van der Waals surface area contributed by atoms with E-state index in [1.165, 1.54) is 67.6 Å². The van der Waals surface area contributed by atoms with Crippen LogP contribution in [0, 0.1) is 0 Å². The number of unbranched alkanes of at least 4 members (excludes halogenated alkanes) is 11. The quantitative estimate of drug-likeness (QED) is 0.138. The van der Waals surface area contributed by atoms with Crippen LogP contribution in [0.2, 0.25) is 0 Å². The molecule has 0 fully saturated rings. The van der Waals surface area contributed by atoms with Gasteiger partial charge < -0.3 is 5.32 Å². The highest BCUT2D eigenvalue weighted by Gasteiger charge is 2.51. The van der Waals surface area contributed by atoms with Crippen molar-refractivity contribution in [3.05, 3.63) is 34.9 Å². The molecule has 2 heterocycles. The first-order valence-corrected chi connectivity index (χ1v) is 20.1. The lowest BCUT2D eigenvalue weighted by atomic mass is 9.98. The first-order chi connectivity index (χ1) is 20.0. The number of carbonyl (C=O) groups is 1.